The molecule has 1 unspecified atom stereocenters. The highest BCUT2D eigenvalue weighted by atomic mass is 35.5. The van der Waals surface area contributed by atoms with Crippen molar-refractivity contribution in [1.82, 2.24) is 15.1 Å². The molecule has 1 aromatic heterocycles. The third-order valence-corrected chi connectivity index (χ3v) is 6.18. The highest BCUT2D eigenvalue weighted by molar-refractivity contribution is 5.94. The Morgan fingerprint density at radius 3 is 2.57 bits per heavy atom. The molecule has 1 saturated heterocycles. The predicted molar refractivity (Wildman–Crippen MR) is 116 cm³/mol. The highest BCUT2D eigenvalue weighted by Gasteiger charge is 2.57. The van der Waals surface area contributed by atoms with Gasteiger partial charge in [-0.1, -0.05) is 39.0 Å². The summed E-state index contributed by atoms with van der Waals surface area (Å²) in [6.45, 7) is 10.6. The van der Waals surface area contributed by atoms with Gasteiger partial charge in [0, 0.05) is 17.4 Å². The first kappa shape index (κ1) is 20.9. The molecule has 2 aromatic rings. The lowest BCUT2D eigenvalue weighted by molar-refractivity contribution is -0.118. The van der Waals surface area contributed by atoms with Crippen molar-refractivity contribution in [2.45, 2.75) is 52.4 Å². The molecule has 1 saturated carbocycles. The Hall–Kier alpha value is -1.85. The Morgan fingerprint density at radius 1 is 1.25 bits per heavy atom. The number of aryl methyl sites for hydroxylation is 1. The number of nitrogens with one attached hydrogen (secondary N) is 2. The predicted octanol–water partition coefficient (Wildman–Crippen LogP) is 4.23. The van der Waals surface area contributed by atoms with Crippen LogP contribution in [0.2, 0.25) is 0 Å². The van der Waals surface area contributed by atoms with Gasteiger partial charge in [-0.3, -0.25) is 4.79 Å². The van der Waals surface area contributed by atoms with Gasteiger partial charge in [0.25, 0.3) is 0 Å². The molecule has 0 radical (unpaired) electrons. The molecule has 2 fully saturated rings. The van der Waals surface area contributed by atoms with Gasteiger partial charge in [0.1, 0.15) is 5.82 Å². The number of halogens is 1. The molecule has 1 aliphatic carbocycles. The molecule has 6 heteroatoms. The molecule has 4 rings (SSSR count). The lowest BCUT2D eigenvalue weighted by Crippen LogP contribution is -2.31. The summed E-state index contributed by atoms with van der Waals surface area (Å²) in [7, 11) is 0. The first-order chi connectivity index (χ1) is 12.8. The van der Waals surface area contributed by atoms with Crippen molar-refractivity contribution in [1.29, 1.82) is 0 Å². The number of piperidine rings is 1. The van der Waals surface area contributed by atoms with E-state index in [1.165, 1.54) is 0 Å². The fourth-order valence-corrected chi connectivity index (χ4v) is 4.23. The molecule has 5 nitrogen and oxygen atoms in total. The zero-order valence-corrected chi connectivity index (χ0v) is 18.0. The van der Waals surface area contributed by atoms with Crippen molar-refractivity contribution in [3.8, 4) is 5.69 Å². The van der Waals surface area contributed by atoms with E-state index in [0.717, 1.165) is 55.1 Å². The number of para-hydroxylation sites is 1. The molecule has 152 valence electrons. The van der Waals surface area contributed by atoms with Crippen LogP contribution < -0.4 is 10.6 Å². The molecule has 1 spiro atoms. The average molecular weight is 403 g/mol. The largest absolute Gasteiger partial charge is 0.317 e. The van der Waals surface area contributed by atoms with Gasteiger partial charge in [-0.2, -0.15) is 5.10 Å². The van der Waals surface area contributed by atoms with E-state index in [4.69, 9.17) is 5.10 Å². The minimum atomic E-state index is -0.0801. The van der Waals surface area contributed by atoms with Gasteiger partial charge in [-0.15, -0.1) is 12.4 Å². The summed E-state index contributed by atoms with van der Waals surface area (Å²) in [6, 6.07) is 10.2. The van der Waals surface area contributed by atoms with Crippen molar-refractivity contribution in [2.75, 3.05) is 18.4 Å². The van der Waals surface area contributed by atoms with Crippen LogP contribution >= 0.6 is 12.4 Å². The summed E-state index contributed by atoms with van der Waals surface area (Å²) >= 11 is 0. The van der Waals surface area contributed by atoms with E-state index < -0.39 is 0 Å². The number of carbonyl (C=O) groups is 1. The minimum Gasteiger partial charge on any atom is -0.317 e. The van der Waals surface area contributed by atoms with E-state index in [1.54, 1.807) is 0 Å². The minimum absolute atomic E-state index is 0. The Kier molecular flexibility index (Phi) is 5.61. The quantitative estimate of drug-likeness (QED) is 0.807. The maximum Gasteiger partial charge on any atom is 0.229 e. The molecule has 1 aromatic carbocycles. The van der Waals surface area contributed by atoms with E-state index in [0.29, 0.717) is 0 Å². The SMILES string of the molecule is Cc1ccccc1-n1nc(C(C)(C)C)cc1NC(=O)C1CC12CCNCC2.Cl. The number of anilines is 1. The molecular weight excluding hydrogens is 372 g/mol. The van der Waals surface area contributed by atoms with E-state index in [-0.39, 0.29) is 35.1 Å². The van der Waals surface area contributed by atoms with Crippen LogP contribution in [0.15, 0.2) is 30.3 Å². The van der Waals surface area contributed by atoms with Crippen LogP contribution in [0, 0.1) is 18.3 Å². The summed E-state index contributed by atoms with van der Waals surface area (Å²) in [5.41, 5.74) is 3.28. The Labute approximate surface area is 173 Å². The standard InChI is InChI=1S/C22H30N4O.ClH/c1-15-7-5-6-8-17(15)26-19(13-18(25-26)21(2,3)4)24-20(27)16-14-22(16)9-11-23-12-10-22;/h5-8,13,16,23H,9-12,14H2,1-4H3,(H,24,27);1H. The molecule has 1 aliphatic heterocycles. The van der Waals surface area contributed by atoms with Crippen molar-refractivity contribution in [2.24, 2.45) is 11.3 Å². The number of hydrogen-bond acceptors (Lipinski definition) is 3. The van der Waals surface area contributed by atoms with Crippen LogP contribution in [0.4, 0.5) is 5.82 Å². The van der Waals surface area contributed by atoms with Crippen LogP contribution in [-0.4, -0.2) is 28.8 Å². The number of rotatable bonds is 3. The van der Waals surface area contributed by atoms with Crippen LogP contribution in [0.3, 0.4) is 0 Å². The van der Waals surface area contributed by atoms with Gasteiger partial charge in [-0.05, 0) is 56.3 Å². The first-order valence-electron chi connectivity index (χ1n) is 9.98. The van der Waals surface area contributed by atoms with Gasteiger partial charge < -0.3 is 10.6 Å². The Bertz CT molecular complexity index is 862. The van der Waals surface area contributed by atoms with E-state index >= 15 is 0 Å². The second-order valence-corrected chi connectivity index (χ2v) is 9.22. The molecular formula is C22H31ClN4O. The number of amides is 1. The molecule has 2 N–H and O–H groups in total. The number of aromatic nitrogens is 2. The summed E-state index contributed by atoms with van der Waals surface area (Å²) < 4.78 is 1.89. The van der Waals surface area contributed by atoms with E-state index in [9.17, 15) is 4.79 Å². The van der Waals surface area contributed by atoms with Gasteiger partial charge in [-0.25, -0.2) is 4.68 Å². The van der Waals surface area contributed by atoms with Gasteiger partial charge in [0.05, 0.1) is 11.4 Å². The third kappa shape index (κ3) is 3.83. The maximum absolute atomic E-state index is 13.0. The van der Waals surface area contributed by atoms with Crippen LogP contribution in [0.25, 0.3) is 5.69 Å². The fraction of sp³-hybridized carbons (Fsp3) is 0.545. The zero-order valence-electron chi connectivity index (χ0n) is 17.2. The zero-order chi connectivity index (χ0) is 19.2. The topological polar surface area (TPSA) is 59.0 Å². The van der Waals surface area contributed by atoms with Crippen molar-refractivity contribution in [3.63, 3.8) is 0 Å². The van der Waals surface area contributed by atoms with Gasteiger partial charge in [0.2, 0.25) is 5.91 Å². The molecule has 1 atom stereocenters. The first-order valence-corrected chi connectivity index (χ1v) is 9.98. The summed E-state index contributed by atoms with van der Waals surface area (Å²) in [6.07, 6.45) is 3.23. The van der Waals surface area contributed by atoms with Crippen LogP contribution in [0.1, 0.15) is 51.3 Å². The molecule has 1 amide bonds. The van der Waals surface area contributed by atoms with E-state index in [2.05, 4.69) is 50.5 Å². The summed E-state index contributed by atoms with van der Waals surface area (Å²) in [5.74, 6) is 1.06. The Balaban J connectivity index is 0.00000225. The average Bonchev–Trinajstić information content (AvgIpc) is 3.13. The van der Waals surface area contributed by atoms with Crippen molar-refractivity contribution in [3.05, 3.63) is 41.6 Å². The smallest absolute Gasteiger partial charge is 0.229 e. The van der Waals surface area contributed by atoms with E-state index in [1.807, 2.05) is 22.9 Å². The monoisotopic (exact) mass is 402 g/mol. The van der Waals surface area contributed by atoms with Crippen LogP contribution in [0.5, 0.6) is 0 Å². The molecule has 0 bridgehead atoms. The number of benzene rings is 1. The maximum atomic E-state index is 13.0. The summed E-state index contributed by atoms with van der Waals surface area (Å²) in [5, 5.41) is 11.4. The van der Waals surface area contributed by atoms with Crippen LogP contribution in [-0.2, 0) is 10.2 Å². The number of nitrogens with zero attached hydrogens (tertiary/aromatic N) is 2. The second-order valence-electron chi connectivity index (χ2n) is 9.22. The number of hydrogen-bond donors (Lipinski definition) is 2. The summed E-state index contributed by atoms with van der Waals surface area (Å²) in [4.78, 5) is 13.0. The lowest BCUT2D eigenvalue weighted by Gasteiger charge is -2.23. The molecule has 2 aliphatic rings. The number of carbonyl (C=O) groups excluding carboxylic acids is 1. The lowest BCUT2D eigenvalue weighted by atomic mass is 9.91. The molecule has 2 heterocycles. The Morgan fingerprint density at radius 2 is 1.93 bits per heavy atom. The highest BCUT2D eigenvalue weighted by Crippen LogP contribution is 2.58. The fourth-order valence-electron chi connectivity index (χ4n) is 4.23. The third-order valence-electron chi connectivity index (χ3n) is 6.18. The molecule has 28 heavy (non-hydrogen) atoms. The van der Waals surface area contributed by atoms with Crippen molar-refractivity contribution >= 4 is 24.1 Å². The second kappa shape index (κ2) is 7.53. The normalized spacial score (nSPS) is 20.5. The van der Waals surface area contributed by atoms with Crippen molar-refractivity contribution < 1.29 is 4.79 Å². The van der Waals surface area contributed by atoms with Gasteiger partial charge in [0.15, 0.2) is 0 Å². The van der Waals surface area contributed by atoms with Gasteiger partial charge >= 0.3 is 0 Å².